The summed E-state index contributed by atoms with van der Waals surface area (Å²) in [4.78, 5) is 34.0. The van der Waals surface area contributed by atoms with Crippen LogP contribution in [-0.2, 0) is 0 Å². The molecule has 0 aliphatic rings. The van der Waals surface area contributed by atoms with Crippen LogP contribution >= 0.6 is 0 Å². The van der Waals surface area contributed by atoms with Crippen molar-refractivity contribution in [2.75, 3.05) is 5.73 Å². The van der Waals surface area contributed by atoms with Crippen LogP contribution < -0.4 is 16.6 Å². The van der Waals surface area contributed by atoms with E-state index in [0.29, 0.717) is 0 Å². The summed E-state index contributed by atoms with van der Waals surface area (Å²) in [6.45, 7) is 0. The molecule has 0 heterocycles. The fraction of sp³-hybridized carbons (Fsp3) is 0. The molecule has 82 valence electrons. The van der Waals surface area contributed by atoms with Gasteiger partial charge in [-0.15, -0.1) is 0 Å². The fourth-order valence-corrected chi connectivity index (χ4v) is 1.55. The first-order valence-electron chi connectivity index (χ1n) is 4.70. The van der Waals surface area contributed by atoms with Gasteiger partial charge in [-0.3, -0.25) is 14.4 Å². The standard InChI is InChI=1S/C12H6N2O3/c13-5-6-3-1-2-4-7(6)10(15)8-9(14)12(17)11(8)16/h1-4H,14H2. The Bertz CT molecular complexity index is 731. The van der Waals surface area contributed by atoms with Crippen LogP contribution in [0, 0.1) is 11.3 Å². The Morgan fingerprint density at radius 2 is 1.82 bits per heavy atom. The minimum absolute atomic E-state index is 0.0776. The highest BCUT2D eigenvalue weighted by molar-refractivity contribution is 6.14. The SMILES string of the molecule is N#Cc1ccccc1C(=O)c1c(N)c(=O)c1=O. The van der Waals surface area contributed by atoms with Crippen LogP contribution in [0.3, 0.4) is 0 Å². The van der Waals surface area contributed by atoms with Crippen molar-refractivity contribution in [1.29, 1.82) is 5.26 Å². The molecule has 0 unspecified atom stereocenters. The molecule has 2 rings (SSSR count). The zero-order valence-corrected chi connectivity index (χ0v) is 8.56. The number of nitrogen functional groups attached to an aromatic ring is 1. The molecule has 2 aromatic rings. The molecule has 17 heavy (non-hydrogen) atoms. The Labute approximate surface area is 95.4 Å². The Hall–Kier alpha value is -2.74. The summed E-state index contributed by atoms with van der Waals surface area (Å²) in [5.74, 6) is -0.677. The summed E-state index contributed by atoms with van der Waals surface area (Å²) in [7, 11) is 0. The van der Waals surface area contributed by atoms with E-state index >= 15 is 0 Å². The van der Waals surface area contributed by atoms with Gasteiger partial charge in [-0.1, -0.05) is 12.1 Å². The largest absolute Gasteiger partial charge is 0.395 e. The second-order valence-electron chi connectivity index (χ2n) is 3.43. The molecule has 0 amide bonds. The van der Waals surface area contributed by atoms with Crippen molar-refractivity contribution in [1.82, 2.24) is 0 Å². The zero-order chi connectivity index (χ0) is 12.6. The predicted octanol–water partition coefficient (Wildman–Crippen LogP) is -0.0325. The van der Waals surface area contributed by atoms with Crippen LogP contribution in [0.5, 0.6) is 0 Å². The molecule has 0 fully saturated rings. The Morgan fingerprint density at radius 1 is 1.18 bits per heavy atom. The summed E-state index contributed by atoms with van der Waals surface area (Å²) >= 11 is 0. The lowest BCUT2D eigenvalue weighted by atomic mass is 9.95. The molecule has 2 aromatic carbocycles. The predicted molar refractivity (Wildman–Crippen MR) is 60.4 cm³/mol. The van der Waals surface area contributed by atoms with Crippen molar-refractivity contribution in [3.8, 4) is 6.07 Å². The number of anilines is 1. The average molecular weight is 226 g/mol. The van der Waals surface area contributed by atoms with Gasteiger partial charge >= 0.3 is 0 Å². The summed E-state index contributed by atoms with van der Waals surface area (Å²) in [6, 6.07) is 7.87. The van der Waals surface area contributed by atoms with Crippen molar-refractivity contribution < 1.29 is 4.79 Å². The van der Waals surface area contributed by atoms with Crippen molar-refractivity contribution in [3.05, 3.63) is 61.4 Å². The van der Waals surface area contributed by atoms with Crippen LogP contribution in [0.2, 0.25) is 0 Å². The van der Waals surface area contributed by atoms with E-state index in [2.05, 4.69) is 0 Å². The van der Waals surface area contributed by atoms with Gasteiger partial charge in [0.05, 0.1) is 17.3 Å². The van der Waals surface area contributed by atoms with Crippen LogP contribution in [0.1, 0.15) is 21.5 Å². The lowest BCUT2D eigenvalue weighted by Gasteiger charge is -2.06. The van der Waals surface area contributed by atoms with Gasteiger partial charge in [0.2, 0.25) is 16.6 Å². The van der Waals surface area contributed by atoms with E-state index in [-0.39, 0.29) is 22.4 Å². The van der Waals surface area contributed by atoms with Gasteiger partial charge in [0, 0.05) is 5.56 Å². The third-order valence-corrected chi connectivity index (χ3v) is 2.47. The van der Waals surface area contributed by atoms with Gasteiger partial charge in [-0.05, 0) is 12.1 Å². The highest BCUT2D eigenvalue weighted by Gasteiger charge is 2.26. The molecule has 0 spiro atoms. The molecular formula is C12H6N2O3. The number of nitrogens with two attached hydrogens (primary N) is 1. The highest BCUT2D eigenvalue weighted by atomic mass is 16.2. The maximum absolute atomic E-state index is 11.9. The van der Waals surface area contributed by atoms with E-state index in [0.717, 1.165) is 0 Å². The lowest BCUT2D eigenvalue weighted by Crippen LogP contribution is -2.40. The van der Waals surface area contributed by atoms with Gasteiger partial charge in [-0.25, -0.2) is 0 Å². The van der Waals surface area contributed by atoms with E-state index in [1.54, 1.807) is 12.1 Å². The maximum atomic E-state index is 11.9. The van der Waals surface area contributed by atoms with Gasteiger partial charge in [0.15, 0.2) is 0 Å². The van der Waals surface area contributed by atoms with Crippen molar-refractivity contribution in [3.63, 3.8) is 0 Å². The van der Waals surface area contributed by atoms with Crippen molar-refractivity contribution in [2.24, 2.45) is 0 Å². The molecule has 0 bridgehead atoms. The molecule has 5 nitrogen and oxygen atoms in total. The topological polar surface area (TPSA) is 101 Å². The number of nitrogens with zero attached hydrogens (tertiary/aromatic N) is 1. The molecular weight excluding hydrogens is 220 g/mol. The molecule has 0 aromatic heterocycles. The van der Waals surface area contributed by atoms with Gasteiger partial charge < -0.3 is 5.73 Å². The highest BCUT2D eigenvalue weighted by Crippen LogP contribution is 2.14. The Kier molecular flexibility index (Phi) is 2.33. The fourth-order valence-electron chi connectivity index (χ4n) is 1.55. The van der Waals surface area contributed by atoms with Gasteiger partial charge in [-0.2, -0.15) is 5.26 Å². The number of rotatable bonds is 2. The molecule has 0 saturated heterocycles. The number of benzene rings is 1. The quantitative estimate of drug-likeness (QED) is 0.572. The first-order chi connectivity index (χ1) is 8.07. The van der Waals surface area contributed by atoms with Crippen LogP contribution in [0.4, 0.5) is 5.69 Å². The number of carbonyl (C=O) groups is 1. The van der Waals surface area contributed by atoms with E-state index < -0.39 is 16.6 Å². The first kappa shape index (κ1) is 10.8. The first-order valence-corrected chi connectivity index (χ1v) is 4.70. The third kappa shape index (κ3) is 1.43. The zero-order valence-electron chi connectivity index (χ0n) is 8.56. The Morgan fingerprint density at radius 3 is 2.41 bits per heavy atom. The van der Waals surface area contributed by atoms with Crippen LogP contribution in [0.15, 0.2) is 33.9 Å². The number of hydrogen-bond donors (Lipinski definition) is 1. The normalized spacial score (nSPS) is 10.1. The van der Waals surface area contributed by atoms with E-state index in [4.69, 9.17) is 11.0 Å². The number of ketones is 1. The summed E-state index contributed by atoms with van der Waals surface area (Å²) in [5, 5.41) is 8.82. The molecule has 0 aliphatic carbocycles. The molecule has 0 aliphatic heterocycles. The summed E-state index contributed by atoms with van der Waals surface area (Å²) < 4.78 is 0. The smallest absolute Gasteiger partial charge is 0.250 e. The molecule has 0 saturated carbocycles. The van der Waals surface area contributed by atoms with Crippen LogP contribution in [0.25, 0.3) is 0 Å². The number of nitriles is 1. The molecule has 0 radical (unpaired) electrons. The maximum Gasteiger partial charge on any atom is 0.250 e. The minimum Gasteiger partial charge on any atom is -0.395 e. The lowest BCUT2D eigenvalue weighted by molar-refractivity contribution is 0.103. The molecule has 5 heteroatoms. The van der Waals surface area contributed by atoms with Gasteiger partial charge in [0.1, 0.15) is 5.56 Å². The van der Waals surface area contributed by atoms with Gasteiger partial charge in [0.25, 0.3) is 0 Å². The second kappa shape index (κ2) is 3.68. The van der Waals surface area contributed by atoms with E-state index in [1.165, 1.54) is 12.1 Å². The third-order valence-electron chi connectivity index (χ3n) is 2.47. The summed E-state index contributed by atoms with van der Waals surface area (Å²) in [6.07, 6.45) is 0. The minimum atomic E-state index is -0.889. The second-order valence-corrected chi connectivity index (χ2v) is 3.43. The molecule has 0 atom stereocenters. The summed E-state index contributed by atoms with van der Waals surface area (Å²) in [5.41, 5.74) is 3.13. The average Bonchev–Trinajstić information content (AvgIpc) is 2.38. The van der Waals surface area contributed by atoms with Crippen LogP contribution in [-0.4, -0.2) is 5.78 Å². The Balaban J connectivity index is 2.58. The number of carbonyl (C=O) groups excluding carboxylic acids is 1. The van der Waals surface area contributed by atoms with E-state index in [1.807, 2.05) is 6.07 Å². The van der Waals surface area contributed by atoms with E-state index in [9.17, 15) is 14.4 Å². The van der Waals surface area contributed by atoms with Crippen molar-refractivity contribution >= 4 is 11.5 Å². The molecule has 2 N–H and O–H groups in total. The number of hydrogen-bond acceptors (Lipinski definition) is 5. The van der Waals surface area contributed by atoms with Crippen molar-refractivity contribution in [2.45, 2.75) is 0 Å². The monoisotopic (exact) mass is 226 g/mol.